The van der Waals surface area contributed by atoms with E-state index in [9.17, 15) is 8.78 Å². The Morgan fingerprint density at radius 3 is 2.47 bits per heavy atom. The molecule has 1 unspecified atom stereocenters. The zero-order valence-corrected chi connectivity index (χ0v) is 11.8. The fraction of sp³-hybridized carbons (Fsp3) is 0.143. The lowest BCUT2D eigenvalue weighted by atomic mass is 9.95. The van der Waals surface area contributed by atoms with Crippen LogP contribution in [0.3, 0.4) is 0 Å². The van der Waals surface area contributed by atoms with Gasteiger partial charge in [0.2, 0.25) is 0 Å². The maximum Gasteiger partial charge on any atom is 0.137 e. The average Bonchev–Trinajstić information content (AvgIpc) is 2.37. The molecule has 1 atom stereocenters. The molecule has 0 aliphatic carbocycles. The molecule has 5 heteroatoms. The Kier molecular flexibility index (Phi) is 4.29. The molecule has 0 saturated heterocycles. The summed E-state index contributed by atoms with van der Waals surface area (Å²) in [6.45, 7) is 1.81. The Balaban J connectivity index is 2.46. The second-order valence-corrected chi connectivity index (χ2v) is 5.13. The first-order valence-electron chi connectivity index (χ1n) is 5.70. The SMILES string of the molecule is Cc1cc(F)ccc1C(NN)c1ccc(F)c(Br)c1. The van der Waals surface area contributed by atoms with Crippen molar-refractivity contribution in [1.29, 1.82) is 0 Å². The van der Waals surface area contributed by atoms with Crippen LogP contribution in [-0.2, 0) is 0 Å². The predicted molar refractivity (Wildman–Crippen MR) is 74.4 cm³/mol. The van der Waals surface area contributed by atoms with Crippen LogP contribution in [-0.4, -0.2) is 0 Å². The molecule has 3 N–H and O–H groups in total. The molecule has 0 spiro atoms. The minimum Gasteiger partial charge on any atom is -0.271 e. The highest BCUT2D eigenvalue weighted by Gasteiger charge is 2.16. The Labute approximate surface area is 118 Å². The summed E-state index contributed by atoms with van der Waals surface area (Å²) in [5, 5.41) is 0. The molecule has 0 aliphatic rings. The van der Waals surface area contributed by atoms with Gasteiger partial charge in [-0.05, 0) is 63.8 Å². The number of aryl methyl sites for hydroxylation is 1. The molecule has 0 aromatic heterocycles. The van der Waals surface area contributed by atoms with E-state index in [1.807, 2.05) is 0 Å². The van der Waals surface area contributed by atoms with Gasteiger partial charge in [-0.25, -0.2) is 14.2 Å². The summed E-state index contributed by atoms with van der Waals surface area (Å²) in [7, 11) is 0. The van der Waals surface area contributed by atoms with Crippen LogP contribution in [0.4, 0.5) is 8.78 Å². The van der Waals surface area contributed by atoms with Crippen molar-refractivity contribution < 1.29 is 8.78 Å². The van der Waals surface area contributed by atoms with Crippen LogP contribution in [0.25, 0.3) is 0 Å². The van der Waals surface area contributed by atoms with Crippen LogP contribution in [0.2, 0.25) is 0 Å². The second kappa shape index (κ2) is 5.77. The lowest BCUT2D eigenvalue weighted by molar-refractivity contribution is 0.603. The maximum atomic E-state index is 13.3. The largest absolute Gasteiger partial charge is 0.271 e. The second-order valence-electron chi connectivity index (χ2n) is 4.27. The third-order valence-electron chi connectivity index (χ3n) is 2.99. The number of halogens is 3. The Morgan fingerprint density at radius 2 is 1.89 bits per heavy atom. The minimum atomic E-state index is -0.338. The van der Waals surface area contributed by atoms with Crippen molar-refractivity contribution in [3.63, 3.8) is 0 Å². The molecule has 0 aliphatic heterocycles. The Bertz CT molecular complexity index is 602. The van der Waals surface area contributed by atoms with E-state index >= 15 is 0 Å². The molecule has 0 radical (unpaired) electrons. The highest BCUT2D eigenvalue weighted by Crippen LogP contribution is 2.27. The topological polar surface area (TPSA) is 38.0 Å². The van der Waals surface area contributed by atoms with Crippen LogP contribution in [0.5, 0.6) is 0 Å². The van der Waals surface area contributed by atoms with E-state index in [0.717, 1.165) is 16.7 Å². The van der Waals surface area contributed by atoms with Crippen LogP contribution < -0.4 is 11.3 Å². The molecule has 0 heterocycles. The van der Waals surface area contributed by atoms with E-state index in [1.165, 1.54) is 18.2 Å². The predicted octanol–water partition coefficient (Wildman–Crippen LogP) is 3.59. The number of hydrogen-bond acceptors (Lipinski definition) is 2. The zero-order valence-electron chi connectivity index (χ0n) is 10.3. The van der Waals surface area contributed by atoms with Gasteiger partial charge in [0.05, 0.1) is 10.5 Å². The van der Waals surface area contributed by atoms with Gasteiger partial charge in [-0.1, -0.05) is 12.1 Å². The molecule has 19 heavy (non-hydrogen) atoms. The third-order valence-corrected chi connectivity index (χ3v) is 3.59. The summed E-state index contributed by atoms with van der Waals surface area (Å²) >= 11 is 3.14. The van der Waals surface area contributed by atoms with Crippen molar-refractivity contribution in [3.8, 4) is 0 Å². The number of hydrogen-bond donors (Lipinski definition) is 2. The molecule has 2 nitrogen and oxygen atoms in total. The van der Waals surface area contributed by atoms with Gasteiger partial charge in [-0.2, -0.15) is 0 Å². The number of rotatable bonds is 3. The molecule has 2 aromatic rings. The fourth-order valence-electron chi connectivity index (χ4n) is 2.02. The first-order valence-corrected chi connectivity index (χ1v) is 6.49. The number of nitrogens with one attached hydrogen (secondary N) is 1. The van der Waals surface area contributed by atoms with Gasteiger partial charge in [0.15, 0.2) is 0 Å². The van der Waals surface area contributed by atoms with E-state index in [4.69, 9.17) is 5.84 Å². The molecular weight excluding hydrogens is 314 g/mol. The van der Waals surface area contributed by atoms with Crippen LogP contribution in [0, 0.1) is 18.6 Å². The third kappa shape index (κ3) is 3.00. The van der Waals surface area contributed by atoms with Gasteiger partial charge in [0.1, 0.15) is 11.6 Å². The zero-order chi connectivity index (χ0) is 14.0. The maximum absolute atomic E-state index is 13.3. The molecule has 0 fully saturated rings. The van der Waals surface area contributed by atoms with Gasteiger partial charge in [0.25, 0.3) is 0 Å². The average molecular weight is 327 g/mol. The number of hydrazine groups is 1. The molecular formula is C14H13BrF2N2. The summed E-state index contributed by atoms with van der Waals surface area (Å²) < 4.78 is 26.7. The van der Waals surface area contributed by atoms with E-state index < -0.39 is 0 Å². The van der Waals surface area contributed by atoms with Crippen molar-refractivity contribution in [1.82, 2.24) is 5.43 Å². The van der Waals surface area contributed by atoms with E-state index in [2.05, 4.69) is 21.4 Å². The lowest BCUT2D eigenvalue weighted by Gasteiger charge is -2.19. The monoisotopic (exact) mass is 326 g/mol. The van der Waals surface area contributed by atoms with Gasteiger partial charge in [-0.3, -0.25) is 5.84 Å². The summed E-state index contributed by atoms with van der Waals surface area (Å²) in [5.74, 6) is 4.95. The molecule has 2 rings (SSSR count). The first kappa shape index (κ1) is 14.1. The number of benzene rings is 2. The Morgan fingerprint density at radius 1 is 1.16 bits per heavy atom. The molecule has 100 valence electrons. The highest BCUT2D eigenvalue weighted by molar-refractivity contribution is 9.10. The van der Waals surface area contributed by atoms with Gasteiger partial charge in [0, 0.05) is 0 Å². The van der Waals surface area contributed by atoms with Gasteiger partial charge < -0.3 is 0 Å². The normalized spacial score (nSPS) is 12.5. The smallest absolute Gasteiger partial charge is 0.137 e. The summed E-state index contributed by atoms with van der Waals surface area (Å²) in [5.41, 5.74) is 5.10. The van der Waals surface area contributed by atoms with Gasteiger partial charge in [-0.15, -0.1) is 0 Å². The van der Waals surface area contributed by atoms with Gasteiger partial charge >= 0.3 is 0 Å². The molecule has 0 amide bonds. The first-order chi connectivity index (χ1) is 9.02. The quantitative estimate of drug-likeness (QED) is 0.668. The standard InChI is InChI=1S/C14H13BrF2N2/c1-8-6-10(16)3-4-11(8)14(19-18)9-2-5-13(17)12(15)7-9/h2-7,14,19H,18H2,1H3. The van der Waals surface area contributed by atoms with E-state index in [0.29, 0.717) is 4.47 Å². The lowest BCUT2D eigenvalue weighted by Crippen LogP contribution is -2.29. The molecule has 0 saturated carbocycles. The highest BCUT2D eigenvalue weighted by atomic mass is 79.9. The summed E-state index contributed by atoms with van der Waals surface area (Å²) in [4.78, 5) is 0. The molecule has 0 bridgehead atoms. The van der Waals surface area contributed by atoms with Crippen molar-refractivity contribution in [2.75, 3.05) is 0 Å². The van der Waals surface area contributed by atoms with E-state index in [1.54, 1.807) is 25.1 Å². The van der Waals surface area contributed by atoms with Crippen LogP contribution in [0.15, 0.2) is 40.9 Å². The molecule has 2 aromatic carbocycles. The van der Waals surface area contributed by atoms with Crippen molar-refractivity contribution in [3.05, 3.63) is 69.2 Å². The minimum absolute atomic E-state index is 0.294. The number of nitrogens with two attached hydrogens (primary N) is 1. The van der Waals surface area contributed by atoms with Crippen LogP contribution >= 0.6 is 15.9 Å². The summed E-state index contributed by atoms with van der Waals surface area (Å²) in [6, 6.07) is 8.84. The van der Waals surface area contributed by atoms with Crippen molar-refractivity contribution >= 4 is 15.9 Å². The summed E-state index contributed by atoms with van der Waals surface area (Å²) in [6.07, 6.45) is 0. The fourth-order valence-corrected chi connectivity index (χ4v) is 2.42. The van der Waals surface area contributed by atoms with Crippen molar-refractivity contribution in [2.45, 2.75) is 13.0 Å². The van der Waals surface area contributed by atoms with E-state index in [-0.39, 0.29) is 17.7 Å². The Hall–Kier alpha value is -1.30. The van der Waals surface area contributed by atoms with Crippen LogP contribution in [0.1, 0.15) is 22.7 Å². The van der Waals surface area contributed by atoms with Crippen molar-refractivity contribution in [2.24, 2.45) is 5.84 Å².